The lowest BCUT2D eigenvalue weighted by Crippen LogP contribution is -2.30. The number of amides is 1. The summed E-state index contributed by atoms with van der Waals surface area (Å²) in [5.41, 5.74) is 2.91. The number of rotatable bonds is 6. The quantitative estimate of drug-likeness (QED) is 0.413. The number of imidazole rings is 1. The molecule has 0 saturated heterocycles. The van der Waals surface area contributed by atoms with Crippen molar-refractivity contribution in [2.75, 3.05) is 11.5 Å². The lowest BCUT2D eigenvalue weighted by atomic mass is 9.97. The first-order valence-electron chi connectivity index (χ1n) is 10.5. The van der Waals surface area contributed by atoms with Crippen LogP contribution < -0.4 is 9.64 Å². The van der Waals surface area contributed by atoms with Crippen molar-refractivity contribution in [1.29, 1.82) is 0 Å². The molecule has 5 rings (SSSR count). The summed E-state index contributed by atoms with van der Waals surface area (Å²) < 4.78 is 61.5. The molecule has 0 spiro atoms. The zero-order valence-electron chi connectivity index (χ0n) is 18.2. The number of carbonyl (C=O) groups excluding carboxylic acids is 1. The van der Waals surface area contributed by atoms with E-state index in [1.165, 1.54) is 28.0 Å². The molecule has 0 radical (unpaired) electrons. The van der Waals surface area contributed by atoms with Crippen molar-refractivity contribution in [1.82, 2.24) is 19.7 Å². The monoisotopic (exact) mass is 473 g/mol. The molecule has 2 aromatic carbocycles. The van der Waals surface area contributed by atoms with Crippen molar-refractivity contribution in [3.8, 4) is 5.75 Å². The number of benzene rings is 2. The highest BCUT2D eigenvalue weighted by Crippen LogP contribution is 2.45. The van der Waals surface area contributed by atoms with Crippen LogP contribution in [0.1, 0.15) is 39.8 Å². The number of H-pyrrole nitrogens is 1. The highest BCUT2D eigenvalue weighted by atomic mass is 19.3. The molecule has 1 amide bonds. The van der Waals surface area contributed by atoms with Crippen LogP contribution in [0.15, 0.2) is 36.7 Å². The van der Waals surface area contributed by atoms with Gasteiger partial charge in [-0.3, -0.25) is 14.4 Å². The second-order valence-electron chi connectivity index (χ2n) is 7.96. The first-order valence-corrected chi connectivity index (χ1v) is 10.5. The third-order valence-electron chi connectivity index (χ3n) is 5.87. The van der Waals surface area contributed by atoms with Crippen LogP contribution in [-0.2, 0) is 7.05 Å². The van der Waals surface area contributed by atoms with Gasteiger partial charge in [-0.1, -0.05) is 0 Å². The zero-order valence-corrected chi connectivity index (χ0v) is 18.2. The molecule has 3 heterocycles. The highest BCUT2D eigenvalue weighted by molar-refractivity contribution is 6.11. The summed E-state index contributed by atoms with van der Waals surface area (Å²) in [6.45, 7) is 1.23. The molecule has 0 aliphatic carbocycles. The zero-order chi connectivity index (χ0) is 24.1. The Morgan fingerprint density at radius 2 is 1.97 bits per heavy atom. The van der Waals surface area contributed by atoms with Crippen LogP contribution in [-0.4, -0.2) is 38.7 Å². The fourth-order valence-electron chi connectivity index (χ4n) is 4.37. The summed E-state index contributed by atoms with van der Waals surface area (Å²) in [5.74, 6) is -3.43. The molecule has 7 nitrogen and oxygen atoms in total. The molecule has 2 aromatic heterocycles. The maximum absolute atomic E-state index is 15.4. The van der Waals surface area contributed by atoms with Crippen LogP contribution in [0, 0.1) is 18.6 Å². The number of hydrogen-bond donors (Lipinski definition) is 1. The number of aryl methyl sites for hydroxylation is 2. The molecule has 1 aliphatic rings. The summed E-state index contributed by atoms with van der Waals surface area (Å²) in [7, 11) is 1.61. The Labute approximate surface area is 191 Å². The minimum Gasteiger partial charge on any atom is -0.490 e. The molecular formula is C23H19F4N5O2. The van der Waals surface area contributed by atoms with Gasteiger partial charge in [0.25, 0.3) is 5.91 Å². The summed E-state index contributed by atoms with van der Waals surface area (Å²) >= 11 is 0. The fraction of sp³-hybridized carbons (Fsp3) is 0.261. The van der Waals surface area contributed by atoms with Gasteiger partial charge in [0, 0.05) is 30.3 Å². The van der Waals surface area contributed by atoms with Crippen molar-refractivity contribution in [3.05, 3.63) is 70.8 Å². The van der Waals surface area contributed by atoms with Gasteiger partial charge in [-0.2, -0.15) is 9.49 Å². The maximum Gasteiger partial charge on any atom is 0.277 e. The number of anilines is 1. The van der Waals surface area contributed by atoms with E-state index in [-0.39, 0.29) is 11.3 Å². The first kappa shape index (κ1) is 21.9. The number of aromatic amines is 1. The summed E-state index contributed by atoms with van der Waals surface area (Å²) in [5, 5.41) is 4.30. The third-order valence-corrected chi connectivity index (χ3v) is 5.87. The van der Waals surface area contributed by atoms with E-state index >= 15 is 4.39 Å². The van der Waals surface area contributed by atoms with Crippen LogP contribution in [0.3, 0.4) is 0 Å². The molecule has 4 aromatic rings. The van der Waals surface area contributed by atoms with Gasteiger partial charge in [0.15, 0.2) is 11.6 Å². The number of fused-ring (bicyclic) bond motifs is 2. The number of nitrogens with one attached hydrogen (secondary N) is 1. The molecule has 0 fully saturated rings. The standard InChI is InChI=1S/C23H19F4N5O2/c1-11-18-21(13-4-6-16(20(27)19(13)26)34-8-7-17(24)25)32(23(33)22(18)31(2)30-11)12-3-5-14-15(9-12)29-10-28-14/h3-6,9-10,17,21H,7-8H2,1-2H3,(H,28,29). The van der Waals surface area contributed by atoms with Crippen LogP contribution in [0.25, 0.3) is 11.0 Å². The van der Waals surface area contributed by atoms with E-state index in [9.17, 15) is 18.0 Å². The minimum atomic E-state index is -2.62. The molecule has 11 heteroatoms. The second kappa shape index (κ2) is 8.15. The van der Waals surface area contributed by atoms with Gasteiger partial charge in [-0.25, -0.2) is 18.2 Å². The first-order chi connectivity index (χ1) is 16.3. The summed E-state index contributed by atoms with van der Waals surface area (Å²) in [4.78, 5) is 22.0. The van der Waals surface area contributed by atoms with E-state index in [1.54, 1.807) is 32.2 Å². The van der Waals surface area contributed by atoms with Crippen molar-refractivity contribution in [2.24, 2.45) is 7.05 Å². The largest absolute Gasteiger partial charge is 0.490 e. The Kier molecular flexibility index (Phi) is 5.26. The van der Waals surface area contributed by atoms with Gasteiger partial charge in [0.1, 0.15) is 5.69 Å². The van der Waals surface area contributed by atoms with E-state index in [2.05, 4.69) is 15.1 Å². The normalized spacial score (nSPS) is 15.6. The maximum atomic E-state index is 15.4. The summed E-state index contributed by atoms with van der Waals surface area (Å²) in [6.07, 6.45) is -1.71. The molecule has 34 heavy (non-hydrogen) atoms. The Morgan fingerprint density at radius 1 is 1.18 bits per heavy atom. The minimum absolute atomic E-state index is 0.107. The van der Waals surface area contributed by atoms with Crippen LogP contribution in [0.4, 0.5) is 23.2 Å². The molecular weight excluding hydrogens is 454 g/mol. The number of carbonyl (C=O) groups is 1. The van der Waals surface area contributed by atoms with Crippen molar-refractivity contribution >= 4 is 22.6 Å². The fourth-order valence-corrected chi connectivity index (χ4v) is 4.37. The van der Waals surface area contributed by atoms with Gasteiger partial charge < -0.3 is 9.72 Å². The van der Waals surface area contributed by atoms with Gasteiger partial charge in [-0.05, 0) is 37.3 Å². The Balaban J connectivity index is 1.62. The van der Waals surface area contributed by atoms with E-state index < -0.39 is 48.8 Å². The molecule has 0 saturated carbocycles. The predicted octanol–water partition coefficient (Wildman–Crippen LogP) is 4.67. The van der Waals surface area contributed by atoms with Gasteiger partial charge in [0.2, 0.25) is 12.2 Å². The van der Waals surface area contributed by atoms with Gasteiger partial charge >= 0.3 is 0 Å². The average molecular weight is 473 g/mol. The number of halogens is 4. The SMILES string of the molecule is Cc1nn(C)c2c1C(c1ccc(OCCC(F)F)c(F)c1F)N(c1ccc3[nH]cnc3c1)C2=O. The van der Waals surface area contributed by atoms with Crippen LogP contribution in [0.5, 0.6) is 5.75 Å². The summed E-state index contributed by atoms with van der Waals surface area (Å²) in [6, 6.07) is 6.60. The predicted molar refractivity (Wildman–Crippen MR) is 115 cm³/mol. The van der Waals surface area contributed by atoms with Crippen molar-refractivity contribution < 1.29 is 27.1 Å². The number of aromatic nitrogens is 4. The number of alkyl halides is 2. The van der Waals surface area contributed by atoms with E-state index in [0.717, 1.165) is 5.52 Å². The number of ether oxygens (including phenoxy) is 1. The molecule has 1 aliphatic heterocycles. The van der Waals surface area contributed by atoms with E-state index in [0.29, 0.717) is 22.5 Å². The number of nitrogens with zero attached hydrogens (tertiary/aromatic N) is 4. The number of hydrogen-bond acceptors (Lipinski definition) is 4. The Hall–Kier alpha value is -3.89. The average Bonchev–Trinajstić information content (AvgIpc) is 3.46. The van der Waals surface area contributed by atoms with E-state index in [4.69, 9.17) is 4.74 Å². The van der Waals surface area contributed by atoms with Crippen molar-refractivity contribution in [3.63, 3.8) is 0 Å². The van der Waals surface area contributed by atoms with Gasteiger partial charge in [0.05, 0.1) is 35.7 Å². The molecule has 176 valence electrons. The Morgan fingerprint density at radius 3 is 2.74 bits per heavy atom. The Bertz CT molecular complexity index is 1410. The van der Waals surface area contributed by atoms with Crippen LogP contribution >= 0.6 is 0 Å². The smallest absolute Gasteiger partial charge is 0.277 e. The second-order valence-corrected chi connectivity index (χ2v) is 7.96. The molecule has 1 atom stereocenters. The molecule has 0 bridgehead atoms. The molecule has 1 unspecified atom stereocenters. The lowest BCUT2D eigenvalue weighted by Gasteiger charge is -2.27. The van der Waals surface area contributed by atoms with Crippen LogP contribution in [0.2, 0.25) is 0 Å². The highest BCUT2D eigenvalue weighted by Gasteiger charge is 2.44. The van der Waals surface area contributed by atoms with E-state index in [1.807, 2.05) is 0 Å². The van der Waals surface area contributed by atoms with Crippen molar-refractivity contribution in [2.45, 2.75) is 25.8 Å². The molecule has 1 N–H and O–H groups in total. The third kappa shape index (κ3) is 3.39. The lowest BCUT2D eigenvalue weighted by molar-refractivity contribution is 0.0984. The topological polar surface area (TPSA) is 76.0 Å². The van der Waals surface area contributed by atoms with Gasteiger partial charge in [-0.15, -0.1) is 0 Å².